The van der Waals surface area contributed by atoms with Crippen LogP contribution in [0.5, 0.6) is 11.5 Å². The average Bonchev–Trinajstić information content (AvgIpc) is 2.25. The fraction of sp³-hybridized carbons (Fsp3) is 0.143. The molecule has 0 atom stereocenters. The topological polar surface area (TPSA) is 9.23 Å². The van der Waals surface area contributed by atoms with Crippen LogP contribution in [0.25, 0.3) is 0 Å². The molecule has 0 saturated heterocycles. The quantitative estimate of drug-likeness (QED) is 0.726. The molecule has 0 aliphatic carbocycles. The van der Waals surface area contributed by atoms with Crippen LogP contribution < -0.4 is 4.74 Å². The number of hydrogen-bond acceptors (Lipinski definition) is 1. The molecule has 0 fully saturated rings. The second-order valence-electron chi connectivity index (χ2n) is 3.85. The van der Waals surface area contributed by atoms with Gasteiger partial charge in [0.05, 0.1) is 5.02 Å². The summed E-state index contributed by atoms with van der Waals surface area (Å²) in [5, 5.41) is 0.639. The lowest BCUT2D eigenvalue weighted by Gasteiger charge is -2.08. The minimum Gasteiger partial charge on any atom is -0.456 e. The molecule has 0 bridgehead atoms. The maximum Gasteiger partial charge on any atom is 0.146 e. The van der Waals surface area contributed by atoms with Gasteiger partial charge in [-0.25, -0.2) is 0 Å². The second kappa shape index (κ2) is 4.58. The van der Waals surface area contributed by atoms with Crippen LogP contribution in [0.4, 0.5) is 0 Å². The maximum absolute atomic E-state index is 6.09. The van der Waals surface area contributed by atoms with E-state index in [1.54, 1.807) is 0 Å². The summed E-state index contributed by atoms with van der Waals surface area (Å²) < 4.78 is 5.69. The van der Waals surface area contributed by atoms with E-state index in [1.807, 2.05) is 56.3 Å². The third-order valence-corrected chi connectivity index (χ3v) is 2.63. The fourth-order valence-electron chi connectivity index (χ4n) is 1.42. The summed E-state index contributed by atoms with van der Waals surface area (Å²) in [6.07, 6.45) is 0. The van der Waals surface area contributed by atoms with Crippen LogP contribution in [0, 0.1) is 13.8 Å². The van der Waals surface area contributed by atoms with Crippen molar-refractivity contribution in [3.63, 3.8) is 0 Å². The van der Waals surface area contributed by atoms with E-state index >= 15 is 0 Å². The highest BCUT2D eigenvalue weighted by molar-refractivity contribution is 6.32. The number of ether oxygens (including phenoxy) is 1. The highest BCUT2D eigenvalue weighted by atomic mass is 35.5. The van der Waals surface area contributed by atoms with Crippen molar-refractivity contribution in [2.75, 3.05) is 0 Å². The molecule has 2 aromatic rings. The van der Waals surface area contributed by atoms with Crippen LogP contribution in [0.1, 0.15) is 11.1 Å². The van der Waals surface area contributed by atoms with Gasteiger partial charge in [0.15, 0.2) is 0 Å². The molecule has 0 amide bonds. The highest BCUT2D eigenvalue weighted by Crippen LogP contribution is 2.29. The molecule has 82 valence electrons. The lowest BCUT2D eigenvalue weighted by atomic mass is 10.2. The first-order chi connectivity index (χ1) is 7.65. The molecule has 0 saturated carbocycles. The number of hydrogen-bond donors (Lipinski definition) is 0. The van der Waals surface area contributed by atoms with Crippen LogP contribution in [0.2, 0.25) is 5.02 Å². The first-order valence-corrected chi connectivity index (χ1v) is 5.53. The molecule has 2 heteroatoms. The van der Waals surface area contributed by atoms with E-state index in [9.17, 15) is 0 Å². The Bertz CT molecular complexity index is 489. The number of benzene rings is 2. The molecule has 0 spiro atoms. The van der Waals surface area contributed by atoms with Gasteiger partial charge in [-0.2, -0.15) is 0 Å². The predicted molar refractivity (Wildman–Crippen MR) is 67.4 cm³/mol. The summed E-state index contributed by atoms with van der Waals surface area (Å²) in [5.74, 6) is 1.49. The van der Waals surface area contributed by atoms with E-state index in [-0.39, 0.29) is 0 Å². The maximum atomic E-state index is 6.09. The minimum absolute atomic E-state index is 0.639. The van der Waals surface area contributed by atoms with E-state index < -0.39 is 0 Å². The Morgan fingerprint density at radius 2 is 1.50 bits per heavy atom. The van der Waals surface area contributed by atoms with Crippen molar-refractivity contribution in [3.8, 4) is 11.5 Å². The molecule has 0 aliphatic heterocycles. The first kappa shape index (κ1) is 11.0. The summed E-state index contributed by atoms with van der Waals surface area (Å²) in [5.41, 5.74) is 2.34. The number of rotatable bonds is 2. The van der Waals surface area contributed by atoms with Crippen LogP contribution in [0.15, 0.2) is 42.5 Å². The Morgan fingerprint density at radius 3 is 2.12 bits per heavy atom. The Kier molecular flexibility index (Phi) is 3.16. The van der Waals surface area contributed by atoms with Crippen LogP contribution in [-0.4, -0.2) is 0 Å². The Labute approximate surface area is 101 Å². The van der Waals surface area contributed by atoms with Gasteiger partial charge in [0.2, 0.25) is 0 Å². The molecule has 2 aromatic carbocycles. The van der Waals surface area contributed by atoms with Gasteiger partial charge in [0.25, 0.3) is 0 Å². The minimum atomic E-state index is 0.639. The smallest absolute Gasteiger partial charge is 0.146 e. The first-order valence-electron chi connectivity index (χ1n) is 5.16. The second-order valence-corrected chi connectivity index (χ2v) is 4.26. The van der Waals surface area contributed by atoms with Gasteiger partial charge >= 0.3 is 0 Å². The normalized spacial score (nSPS) is 10.2. The SMILES string of the molecule is Cc1ccc(Oc2ccc(C)cc2Cl)cc1. The van der Waals surface area contributed by atoms with Crippen LogP contribution >= 0.6 is 11.6 Å². The summed E-state index contributed by atoms with van der Waals surface area (Å²) in [4.78, 5) is 0. The van der Waals surface area contributed by atoms with Gasteiger partial charge < -0.3 is 4.74 Å². The zero-order chi connectivity index (χ0) is 11.5. The van der Waals surface area contributed by atoms with Crippen molar-refractivity contribution in [1.82, 2.24) is 0 Å². The fourth-order valence-corrected chi connectivity index (χ4v) is 1.70. The predicted octanol–water partition coefficient (Wildman–Crippen LogP) is 4.75. The third kappa shape index (κ3) is 2.56. The summed E-state index contributed by atoms with van der Waals surface area (Å²) in [6, 6.07) is 13.7. The lowest BCUT2D eigenvalue weighted by molar-refractivity contribution is 0.482. The van der Waals surface area contributed by atoms with E-state index in [0.717, 1.165) is 11.3 Å². The zero-order valence-corrected chi connectivity index (χ0v) is 10.1. The number of halogens is 1. The molecule has 0 heterocycles. The average molecular weight is 233 g/mol. The molecule has 0 radical (unpaired) electrons. The van der Waals surface area contributed by atoms with Gasteiger partial charge in [-0.3, -0.25) is 0 Å². The van der Waals surface area contributed by atoms with E-state index in [2.05, 4.69) is 0 Å². The molecule has 2 rings (SSSR count). The molecule has 0 aliphatic rings. The largest absolute Gasteiger partial charge is 0.456 e. The van der Waals surface area contributed by atoms with Gasteiger partial charge in [-0.1, -0.05) is 35.4 Å². The molecule has 0 N–H and O–H groups in total. The molecule has 1 nitrogen and oxygen atoms in total. The number of aryl methyl sites for hydroxylation is 2. The van der Waals surface area contributed by atoms with E-state index in [1.165, 1.54) is 5.56 Å². The van der Waals surface area contributed by atoms with Crippen molar-refractivity contribution in [2.24, 2.45) is 0 Å². The molecular weight excluding hydrogens is 220 g/mol. The monoisotopic (exact) mass is 232 g/mol. The molecule has 0 unspecified atom stereocenters. The van der Waals surface area contributed by atoms with Gasteiger partial charge in [-0.05, 0) is 43.7 Å². The lowest BCUT2D eigenvalue weighted by Crippen LogP contribution is -1.86. The van der Waals surface area contributed by atoms with E-state index in [4.69, 9.17) is 16.3 Å². The van der Waals surface area contributed by atoms with Crippen molar-refractivity contribution >= 4 is 11.6 Å². The zero-order valence-electron chi connectivity index (χ0n) is 9.33. The third-order valence-electron chi connectivity index (χ3n) is 2.34. The molecule has 0 aromatic heterocycles. The van der Waals surface area contributed by atoms with Gasteiger partial charge in [0.1, 0.15) is 11.5 Å². The van der Waals surface area contributed by atoms with Gasteiger partial charge in [0, 0.05) is 0 Å². The standard InChI is InChI=1S/C14H13ClO/c1-10-3-6-12(7-4-10)16-14-8-5-11(2)9-13(14)15/h3-9H,1-2H3. The van der Waals surface area contributed by atoms with Crippen molar-refractivity contribution < 1.29 is 4.74 Å². The van der Waals surface area contributed by atoms with E-state index in [0.29, 0.717) is 10.8 Å². The van der Waals surface area contributed by atoms with Crippen LogP contribution in [-0.2, 0) is 0 Å². The van der Waals surface area contributed by atoms with Crippen LogP contribution in [0.3, 0.4) is 0 Å². The summed E-state index contributed by atoms with van der Waals surface area (Å²) in [7, 11) is 0. The van der Waals surface area contributed by atoms with Crippen molar-refractivity contribution in [3.05, 3.63) is 58.6 Å². The summed E-state index contributed by atoms with van der Waals surface area (Å²) >= 11 is 6.09. The van der Waals surface area contributed by atoms with Gasteiger partial charge in [-0.15, -0.1) is 0 Å². The highest BCUT2D eigenvalue weighted by Gasteiger charge is 2.02. The Balaban J connectivity index is 2.23. The summed E-state index contributed by atoms with van der Waals surface area (Å²) in [6.45, 7) is 4.05. The Morgan fingerprint density at radius 1 is 0.875 bits per heavy atom. The Hall–Kier alpha value is -1.47. The molecule has 16 heavy (non-hydrogen) atoms. The van der Waals surface area contributed by atoms with Crippen molar-refractivity contribution in [1.29, 1.82) is 0 Å². The van der Waals surface area contributed by atoms with Crippen molar-refractivity contribution in [2.45, 2.75) is 13.8 Å². The molecular formula is C14H13ClO.